The van der Waals surface area contributed by atoms with Crippen molar-refractivity contribution in [2.45, 2.75) is 13.3 Å². The number of nitrogens with one attached hydrogen (secondary N) is 2. The summed E-state index contributed by atoms with van der Waals surface area (Å²) in [7, 11) is -3.41. The SMILES string of the molecule is CCCNCCS(=O)(=O)Nc1cc(Cl)ccc1Cl. The first-order valence-corrected chi connectivity index (χ1v) is 8.01. The highest BCUT2D eigenvalue weighted by atomic mass is 35.5. The Balaban J connectivity index is 2.62. The summed E-state index contributed by atoms with van der Waals surface area (Å²) in [5.41, 5.74) is 0.305. The number of anilines is 1. The largest absolute Gasteiger partial charge is 0.316 e. The van der Waals surface area contributed by atoms with Crippen LogP contribution in [0.2, 0.25) is 10.0 Å². The van der Waals surface area contributed by atoms with Gasteiger partial charge >= 0.3 is 0 Å². The fourth-order valence-corrected chi connectivity index (χ4v) is 2.71. The van der Waals surface area contributed by atoms with E-state index in [1.54, 1.807) is 12.1 Å². The van der Waals surface area contributed by atoms with Crippen LogP contribution in [0.4, 0.5) is 5.69 Å². The number of sulfonamides is 1. The Kier molecular flexibility index (Phi) is 6.21. The minimum Gasteiger partial charge on any atom is -0.316 e. The van der Waals surface area contributed by atoms with Crippen molar-refractivity contribution in [3.8, 4) is 0 Å². The number of hydrogen-bond acceptors (Lipinski definition) is 3. The summed E-state index contributed by atoms with van der Waals surface area (Å²) >= 11 is 11.7. The Morgan fingerprint density at radius 3 is 2.61 bits per heavy atom. The molecule has 0 aliphatic rings. The van der Waals surface area contributed by atoms with E-state index in [0.29, 0.717) is 22.3 Å². The van der Waals surface area contributed by atoms with Crippen LogP contribution in [-0.2, 0) is 10.0 Å². The maximum absolute atomic E-state index is 11.8. The van der Waals surface area contributed by atoms with E-state index >= 15 is 0 Å². The summed E-state index contributed by atoms with van der Waals surface area (Å²) in [6, 6.07) is 4.64. The van der Waals surface area contributed by atoms with Crippen molar-refractivity contribution in [1.82, 2.24) is 5.32 Å². The molecule has 0 fully saturated rings. The van der Waals surface area contributed by atoms with Crippen molar-refractivity contribution < 1.29 is 8.42 Å². The van der Waals surface area contributed by atoms with Gasteiger partial charge in [0.25, 0.3) is 0 Å². The summed E-state index contributed by atoms with van der Waals surface area (Å²) < 4.78 is 26.0. The summed E-state index contributed by atoms with van der Waals surface area (Å²) in [4.78, 5) is 0. The molecule has 1 aromatic carbocycles. The van der Waals surface area contributed by atoms with E-state index in [1.165, 1.54) is 6.07 Å². The van der Waals surface area contributed by atoms with Crippen LogP contribution in [0.5, 0.6) is 0 Å². The van der Waals surface area contributed by atoms with Crippen LogP contribution < -0.4 is 10.0 Å². The first kappa shape index (κ1) is 15.6. The molecule has 0 aliphatic carbocycles. The van der Waals surface area contributed by atoms with E-state index in [0.717, 1.165) is 13.0 Å². The second-order valence-electron chi connectivity index (χ2n) is 3.80. The van der Waals surface area contributed by atoms with Crippen molar-refractivity contribution in [2.24, 2.45) is 0 Å². The normalized spacial score (nSPS) is 11.5. The first-order chi connectivity index (χ1) is 8.44. The zero-order chi connectivity index (χ0) is 13.6. The molecule has 0 bridgehead atoms. The lowest BCUT2D eigenvalue weighted by molar-refractivity contribution is 0.595. The minimum absolute atomic E-state index is 0.00412. The van der Waals surface area contributed by atoms with E-state index in [-0.39, 0.29) is 5.75 Å². The second-order valence-corrected chi connectivity index (χ2v) is 6.48. The molecule has 0 spiro atoms. The van der Waals surface area contributed by atoms with Crippen LogP contribution >= 0.6 is 23.2 Å². The molecule has 0 atom stereocenters. The van der Waals surface area contributed by atoms with Gasteiger partial charge in [-0.1, -0.05) is 30.1 Å². The van der Waals surface area contributed by atoms with Crippen molar-refractivity contribution in [3.05, 3.63) is 28.2 Å². The van der Waals surface area contributed by atoms with Crippen molar-refractivity contribution in [3.63, 3.8) is 0 Å². The van der Waals surface area contributed by atoms with E-state index in [2.05, 4.69) is 10.0 Å². The number of benzene rings is 1. The van der Waals surface area contributed by atoms with Gasteiger partial charge in [0, 0.05) is 11.6 Å². The Labute approximate surface area is 118 Å². The van der Waals surface area contributed by atoms with Crippen LogP contribution in [0, 0.1) is 0 Å². The van der Waals surface area contributed by atoms with Gasteiger partial charge in [-0.2, -0.15) is 0 Å². The molecule has 2 N–H and O–H groups in total. The number of hydrogen-bond donors (Lipinski definition) is 2. The lowest BCUT2D eigenvalue weighted by atomic mass is 10.3. The molecule has 1 aromatic rings. The summed E-state index contributed by atoms with van der Waals surface area (Å²) in [5.74, 6) is -0.00412. The molecule has 0 saturated carbocycles. The van der Waals surface area contributed by atoms with Gasteiger partial charge in [0.15, 0.2) is 0 Å². The zero-order valence-corrected chi connectivity index (χ0v) is 12.4. The van der Waals surface area contributed by atoms with E-state index in [1.807, 2.05) is 6.92 Å². The third-order valence-corrected chi connectivity index (χ3v) is 4.01. The standard InChI is InChI=1S/C11H16Cl2N2O2S/c1-2-5-14-6-7-18(16,17)15-11-8-9(12)3-4-10(11)13/h3-4,8,14-15H,2,5-7H2,1H3. The molecule has 102 valence electrons. The zero-order valence-electron chi connectivity index (χ0n) is 10.0. The second kappa shape index (κ2) is 7.19. The molecule has 4 nitrogen and oxygen atoms in total. The number of halogens is 2. The van der Waals surface area contributed by atoms with Crippen LogP contribution in [0.25, 0.3) is 0 Å². The summed E-state index contributed by atoms with van der Waals surface area (Å²) in [5, 5.41) is 3.78. The molecule has 0 amide bonds. The monoisotopic (exact) mass is 310 g/mol. The van der Waals surface area contributed by atoms with Gasteiger partial charge in [-0.3, -0.25) is 4.72 Å². The van der Waals surface area contributed by atoms with E-state index in [4.69, 9.17) is 23.2 Å². The Bertz CT molecular complexity index is 492. The van der Waals surface area contributed by atoms with E-state index < -0.39 is 10.0 Å². The highest BCUT2D eigenvalue weighted by Gasteiger charge is 2.12. The van der Waals surface area contributed by atoms with Crippen LogP contribution in [-0.4, -0.2) is 27.3 Å². The van der Waals surface area contributed by atoms with Gasteiger partial charge in [0.2, 0.25) is 10.0 Å². The highest BCUT2D eigenvalue weighted by molar-refractivity contribution is 7.92. The molecule has 0 radical (unpaired) electrons. The summed E-state index contributed by atoms with van der Waals surface area (Å²) in [6.07, 6.45) is 0.966. The molecule has 0 heterocycles. The third kappa shape index (κ3) is 5.44. The predicted molar refractivity (Wildman–Crippen MR) is 77.0 cm³/mol. The van der Waals surface area contributed by atoms with Gasteiger partial charge < -0.3 is 5.32 Å². The predicted octanol–water partition coefficient (Wildman–Crippen LogP) is 2.73. The van der Waals surface area contributed by atoms with Crippen LogP contribution in [0.1, 0.15) is 13.3 Å². The minimum atomic E-state index is -3.41. The Morgan fingerprint density at radius 2 is 1.94 bits per heavy atom. The molecule has 0 unspecified atom stereocenters. The number of rotatable bonds is 7. The Morgan fingerprint density at radius 1 is 1.22 bits per heavy atom. The van der Waals surface area contributed by atoms with E-state index in [9.17, 15) is 8.42 Å². The Hall–Kier alpha value is -0.490. The fourth-order valence-electron chi connectivity index (χ4n) is 1.30. The molecule has 1 rings (SSSR count). The topological polar surface area (TPSA) is 58.2 Å². The lowest BCUT2D eigenvalue weighted by Gasteiger charge is -2.10. The van der Waals surface area contributed by atoms with Crippen molar-refractivity contribution in [2.75, 3.05) is 23.6 Å². The quantitative estimate of drug-likeness (QED) is 0.761. The molecule has 0 aliphatic heterocycles. The fraction of sp³-hybridized carbons (Fsp3) is 0.455. The maximum atomic E-state index is 11.8. The summed E-state index contributed by atoms with van der Waals surface area (Å²) in [6.45, 7) is 3.22. The lowest BCUT2D eigenvalue weighted by Crippen LogP contribution is -2.27. The third-order valence-electron chi connectivity index (χ3n) is 2.17. The van der Waals surface area contributed by atoms with Crippen LogP contribution in [0.3, 0.4) is 0 Å². The van der Waals surface area contributed by atoms with Gasteiger partial charge in [-0.15, -0.1) is 0 Å². The van der Waals surface area contributed by atoms with Gasteiger partial charge in [0.1, 0.15) is 0 Å². The van der Waals surface area contributed by atoms with Crippen molar-refractivity contribution >= 4 is 38.9 Å². The smallest absolute Gasteiger partial charge is 0.234 e. The maximum Gasteiger partial charge on any atom is 0.234 e. The molecule has 18 heavy (non-hydrogen) atoms. The molecular weight excluding hydrogens is 295 g/mol. The molecule has 0 saturated heterocycles. The average molecular weight is 311 g/mol. The molecule has 7 heteroatoms. The van der Waals surface area contributed by atoms with Gasteiger partial charge in [-0.05, 0) is 31.2 Å². The van der Waals surface area contributed by atoms with Crippen molar-refractivity contribution in [1.29, 1.82) is 0 Å². The first-order valence-electron chi connectivity index (χ1n) is 5.61. The average Bonchev–Trinajstić information content (AvgIpc) is 2.29. The molecule has 0 aromatic heterocycles. The van der Waals surface area contributed by atoms with Gasteiger partial charge in [0.05, 0.1) is 16.5 Å². The highest BCUT2D eigenvalue weighted by Crippen LogP contribution is 2.26. The molecular formula is C11H16Cl2N2O2S. The van der Waals surface area contributed by atoms with Crippen LogP contribution in [0.15, 0.2) is 18.2 Å². The van der Waals surface area contributed by atoms with Gasteiger partial charge in [-0.25, -0.2) is 8.42 Å².